The highest BCUT2D eigenvalue weighted by Gasteiger charge is 2.23. The molecule has 1 atom stereocenters. The van der Waals surface area contributed by atoms with Crippen molar-refractivity contribution < 1.29 is 19.1 Å². The summed E-state index contributed by atoms with van der Waals surface area (Å²) in [7, 11) is 1.65. The Morgan fingerprint density at radius 2 is 1.86 bits per heavy atom. The van der Waals surface area contributed by atoms with Crippen LogP contribution in [0.5, 0.6) is 5.75 Å². The van der Waals surface area contributed by atoms with Gasteiger partial charge in [-0.1, -0.05) is 12.1 Å². The van der Waals surface area contributed by atoms with E-state index in [4.69, 9.17) is 9.47 Å². The summed E-state index contributed by atoms with van der Waals surface area (Å²) in [5.74, 6) is 0.622. The number of benzene rings is 1. The lowest BCUT2D eigenvalue weighted by molar-refractivity contribution is -0.119. The fourth-order valence-corrected chi connectivity index (χ4v) is 4.12. The molecule has 0 aliphatic carbocycles. The Kier molecular flexibility index (Phi) is 7.62. The topological polar surface area (TPSA) is 79.9 Å². The highest BCUT2D eigenvalue weighted by atomic mass is 32.1. The number of carbonyl (C=O) groups is 2. The Bertz CT molecular complexity index is 816. The van der Waals surface area contributed by atoms with Gasteiger partial charge >= 0.3 is 0 Å². The monoisotopic (exact) mass is 417 g/mol. The molecule has 1 fully saturated rings. The molecule has 3 rings (SSSR count). The van der Waals surface area contributed by atoms with Gasteiger partial charge < -0.3 is 20.1 Å². The molecule has 0 radical (unpaired) electrons. The molecule has 1 unspecified atom stereocenters. The zero-order valence-electron chi connectivity index (χ0n) is 16.8. The molecule has 2 heterocycles. The number of hydrogen-bond acceptors (Lipinski definition) is 6. The summed E-state index contributed by atoms with van der Waals surface area (Å²) in [5, 5.41) is 5.82. The summed E-state index contributed by atoms with van der Waals surface area (Å²) in [4.78, 5) is 27.6. The summed E-state index contributed by atoms with van der Waals surface area (Å²) < 4.78 is 10.7. The van der Waals surface area contributed by atoms with Crippen LogP contribution >= 0.6 is 11.3 Å². The van der Waals surface area contributed by atoms with Crippen LogP contribution in [0.4, 0.5) is 0 Å². The molecule has 29 heavy (non-hydrogen) atoms. The number of rotatable bonds is 8. The Hall–Kier alpha value is -2.42. The zero-order chi connectivity index (χ0) is 20.6. The Labute approximate surface area is 175 Å². The zero-order valence-corrected chi connectivity index (χ0v) is 17.6. The van der Waals surface area contributed by atoms with Crippen LogP contribution < -0.4 is 15.4 Å². The first-order valence-electron chi connectivity index (χ1n) is 9.64. The third kappa shape index (κ3) is 6.03. The van der Waals surface area contributed by atoms with E-state index in [-0.39, 0.29) is 17.9 Å². The average molecular weight is 418 g/mol. The lowest BCUT2D eigenvalue weighted by Crippen LogP contribution is -2.43. The molecule has 1 aromatic carbocycles. The lowest BCUT2D eigenvalue weighted by Gasteiger charge is -2.35. The van der Waals surface area contributed by atoms with Crippen molar-refractivity contribution >= 4 is 23.2 Å². The van der Waals surface area contributed by atoms with Crippen molar-refractivity contribution in [3.05, 3.63) is 51.7 Å². The molecule has 0 bridgehead atoms. The fourth-order valence-electron chi connectivity index (χ4n) is 3.26. The summed E-state index contributed by atoms with van der Waals surface area (Å²) >= 11 is 1.39. The maximum atomic E-state index is 12.7. The molecule has 2 amide bonds. The van der Waals surface area contributed by atoms with Crippen molar-refractivity contribution in [2.24, 2.45) is 0 Å². The summed E-state index contributed by atoms with van der Waals surface area (Å²) in [6, 6.07) is 11.7. The predicted molar refractivity (Wildman–Crippen MR) is 112 cm³/mol. The predicted octanol–water partition coefficient (Wildman–Crippen LogP) is 2.20. The van der Waals surface area contributed by atoms with Gasteiger partial charge in [-0.05, 0) is 29.8 Å². The second-order valence-corrected chi connectivity index (χ2v) is 7.99. The summed E-state index contributed by atoms with van der Waals surface area (Å²) in [6.07, 6.45) is 0. The maximum Gasteiger partial charge on any atom is 0.261 e. The molecule has 0 saturated carbocycles. The SMILES string of the molecule is COc1ccc(C(CNC(=O)c2ccc(CNC(C)=O)s2)N2CCOCC2)cc1. The van der Waals surface area contributed by atoms with Gasteiger partial charge in [-0.2, -0.15) is 0 Å². The molecule has 2 aromatic rings. The van der Waals surface area contributed by atoms with Crippen LogP contribution in [0.1, 0.15) is 33.1 Å². The molecule has 1 aliphatic rings. The number of thiophene rings is 1. The van der Waals surface area contributed by atoms with E-state index in [1.165, 1.54) is 18.3 Å². The number of carbonyl (C=O) groups excluding carboxylic acids is 2. The van der Waals surface area contributed by atoms with E-state index in [1.54, 1.807) is 13.2 Å². The first-order chi connectivity index (χ1) is 14.1. The van der Waals surface area contributed by atoms with Gasteiger partial charge in [-0.15, -0.1) is 11.3 Å². The van der Waals surface area contributed by atoms with E-state index in [0.717, 1.165) is 29.3 Å². The van der Waals surface area contributed by atoms with Gasteiger partial charge in [0.05, 0.1) is 37.8 Å². The summed E-state index contributed by atoms with van der Waals surface area (Å²) in [6.45, 7) is 5.46. The number of hydrogen-bond donors (Lipinski definition) is 2. The van der Waals surface area contributed by atoms with Crippen molar-refractivity contribution in [2.75, 3.05) is 40.0 Å². The first kappa shape index (κ1) is 21.3. The van der Waals surface area contributed by atoms with Gasteiger partial charge in [0.2, 0.25) is 5.91 Å². The van der Waals surface area contributed by atoms with E-state index in [0.29, 0.717) is 31.2 Å². The molecule has 1 saturated heterocycles. The van der Waals surface area contributed by atoms with Crippen molar-refractivity contribution in [2.45, 2.75) is 19.5 Å². The molecular formula is C21H27N3O4S. The lowest BCUT2D eigenvalue weighted by atomic mass is 10.0. The Morgan fingerprint density at radius 3 is 2.52 bits per heavy atom. The number of amides is 2. The third-order valence-corrected chi connectivity index (χ3v) is 5.92. The van der Waals surface area contributed by atoms with Gasteiger partial charge in [-0.3, -0.25) is 14.5 Å². The van der Waals surface area contributed by atoms with E-state index >= 15 is 0 Å². The highest BCUT2D eigenvalue weighted by molar-refractivity contribution is 7.14. The molecule has 1 aliphatic heterocycles. The van der Waals surface area contributed by atoms with Gasteiger partial charge in [0.1, 0.15) is 5.75 Å². The molecule has 156 valence electrons. The van der Waals surface area contributed by atoms with Gasteiger partial charge in [0, 0.05) is 31.4 Å². The molecule has 2 N–H and O–H groups in total. The van der Waals surface area contributed by atoms with Crippen LogP contribution in [0.15, 0.2) is 36.4 Å². The van der Waals surface area contributed by atoms with Gasteiger partial charge in [0.15, 0.2) is 0 Å². The third-order valence-electron chi connectivity index (χ3n) is 4.84. The molecule has 7 nitrogen and oxygen atoms in total. The van der Waals surface area contributed by atoms with E-state index in [1.807, 2.05) is 30.3 Å². The fraction of sp³-hybridized carbons (Fsp3) is 0.429. The van der Waals surface area contributed by atoms with Crippen LogP contribution in [0.2, 0.25) is 0 Å². The Balaban J connectivity index is 1.65. The quantitative estimate of drug-likeness (QED) is 0.688. The van der Waals surface area contributed by atoms with E-state index in [2.05, 4.69) is 15.5 Å². The van der Waals surface area contributed by atoms with Crippen LogP contribution in [0.25, 0.3) is 0 Å². The highest BCUT2D eigenvalue weighted by Crippen LogP contribution is 2.24. The minimum Gasteiger partial charge on any atom is -0.497 e. The van der Waals surface area contributed by atoms with Crippen LogP contribution in [-0.2, 0) is 16.1 Å². The molecular weight excluding hydrogens is 390 g/mol. The normalized spacial score (nSPS) is 15.5. The summed E-state index contributed by atoms with van der Waals surface area (Å²) in [5.41, 5.74) is 1.13. The van der Waals surface area contributed by atoms with E-state index < -0.39 is 0 Å². The Morgan fingerprint density at radius 1 is 1.14 bits per heavy atom. The number of morpholine rings is 1. The van der Waals surface area contributed by atoms with Crippen molar-refractivity contribution in [1.82, 2.24) is 15.5 Å². The number of nitrogens with zero attached hydrogens (tertiary/aromatic N) is 1. The minimum atomic E-state index is -0.101. The van der Waals surface area contributed by atoms with Crippen LogP contribution in [-0.4, -0.2) is 56.7 Å². The first-order valence-corrected chi connectivity index (χ1v) is 10.5. The standard InChI is InChI=1S/C21H27N3O4S/c1-15(25)22-13-18-7-8-20(29-18)21(26)23-14-19(24-9-11-28-12-10-24)16-3-5-17(27-2)6-4-16/h3-8,19H,9-14H2,1-2H3,(H,22,25)(H,23,26). The van der Waals surface area contributed by atoms with Crippen molar-refractivity contribution in [3.8, 4) is 5.75 Å². The number of nitrogens with one attached hydrogen (secondary N) is 2. The van der Waals surface area contributed by atoms with Crippen LogP contribution in [0, 0.1) is 0 Å². The number of ether oxygens (including phenoxy) is 2. The van der Waals surface area contributed by atoms with Crippen molar-refractivity contribution in [3.63, 3.8) is 0 Å². The van der Waals surface area contributed by atoms with Crippen molar-refractivity contribution in [1.29, 1.82) is 0 Å². The minimum absolute atomic E-state index is 0.0626. The van der Waals surface area contributed by atoms with Crippen LogP contribution in [0.3, 0.4) is 0 Å². The molecule has 1 aromatic heterocycles. The van der Waals surface area contributed by atoms with Gasteiger partial charge in [0.25, 0.3) is 5.91 Å². The second-order valence-electron chi connectivity index (χ2n) is 6.82. The number of methoxy groups -OCH3 is 1. The average Bonchev–Trinajstić information content (AvgIpc) is 3.23. The maximum absolute atomic E-state index is 12.7. The molecule has 8 heteroatoms. The van der Waals surface area contributed by atoms with Gasteiger partial charge in [-0.25, -0.2) is 0 Å². The second kappa shape index (κ2) is 10.4. The van der Waals surface area contributed by atoms with E-state index in [9.17, 15) is 9.59 Å². The molecule has 0 spiro atoms. The largest absolute Gasteiger partial charge is 0.497 e. The smallest absolute Gasteiger partial charge is 0.261 e.